The first kappa shape index (κ1) is 16.7. The molecule has 0 N–H and O–H groups in total. The van der Waals surface area contributed by atoms with Crippen molar-refractivity contribution in [2.75, 3.05) is 0 Å². The normalized spacial score (nSPS) is 13.1. The highest BCUT2D eigenvalue weighted by Crippen LogP contribution is 2.21. The van der Waals surface area contributed by atoms with Gasteiger partial charge in [-0.15, -0.1) is 0 Å². The first-order valence-corrected chi connectivity index (χ1v) is 16.4. The van der Waals surface area contributed by atoms with E-state index in [1.807, 2.05) is 0 Å². The van der Waals surface area contributed by atoms with Crippen molar-refractivity contribution >= 4 is 35.9 Å². The van der Waals surface area contributed by atoms with Gasteiger partial charge in [0.15, 0.2) is 27.1 Å². The summed E-state index contributed by atoms with van der Waals surface area (Å²) in [6, 6.07) is 0.883. The van der Waals surface area contributed by atoms with E-state index in [4.69, 9.17) is 12.3 Å². The molecule has 7 heteroatoms. The highest BCUT2D eigenvalue weighted by molar-refractivity contribution is 6.79. The molecule has 0 saturated heterocycles. The third-order valence-electron chi connectivity index (χ3n) is 1.73. The van der Waals surface area contributed by atoms with Crippen molar-refractivity contribution in [1.29, 1.82) is 0 Å². The lowest BCUT2D eigenvalue weighted by Gasteiger charge is -2.35. The Labute approximate surface area is 107 Å². The average Bonchev–Trinajstić information content (AvgIpc) is 1.98. The van der Waals surface area contributed by atoms with Crippen LogP contribution in [0.2, 0.25) is 45.3 Å². The maximum atomic E-state index is 6.16. The fraction of sp³-hybridized carbons (Fsp3) is 0.889. The third-order valence-corrected chi connectivity index (χ3v) is 12.7. The first-order chi connectivity index (χ1) is 7.31. The van der Waals surface area contributed by atoms with Gasteiger partial charge in [0.1, 0.15) is 0 Å². The summed E-state index contributed by atoms with van der Waals surface area (Å²) in [5.74, 6) is 0. The van der Waals surface area contributed by atoms with Crippen LogP contribution in [0.4, 0.5) is 0 Å². The van der Waals surface area contributed by atoms with E-state index >= 15 is 0 Å². The Kier molecular flexibility index (Phi) is 8.33. The largest absolute Gasteiger partial charge is 0.468 e. The van der Waals surface area contributed by atoms with Gasteiger partial charge in [-0.1, -0.05) is 6.92 Å². The molecule has 0 aliphatic rings. The summed E-state index contributed by atoms with van der Waals surface area (Å²) in [5.41, 5.74) is 0. The van der Waals surface area contributed by atoms with Gasteiger partial charge >= 0.3 is 8.80 Å². The van der Waals surface area contributed by atoms with Crippen molar-refractivity contribution in [3.8, 4) is 0 Å². The molecule has 0 aromatic heterocycles. The zero-order chi connectivity index (χ0) is 12.8. The fourth-order valence-electron chi connectivity index (χ4n) is 1.55. The van der Waals surface area contributed by atoms with Crippen LogP contribution in [-0.2, 0) is 12.3 Å². The van der Waals surface area contributed by atoms with E-state index in [-0.39, 0.29) is 0 Å². The number of hydrogen-bond donors (Lipinski definition) is 0. The Balaban J connectivity index is 4.72. The Morgan fingerprint density at radius 2 is 1.12 bits per heavy atom. The molecule has 0 bridgehead atoms. The summed E-state index contributed by atoms with van der Waals surface area (Å²) in [7, 11) is -5.71. The zero-order valence-corrected chi connectivity index (χ0v) is 16.0. The Morgan fingerprint density at radius 3 is 1.31 bits per heavy atom. The van der Waals surface area contributed by atoms with Gasteiger partial charge in [0.25, 0.3) is 0 Å². The lowest BCUT2D eigenvalue weighted by Crippen LogP contribution is -2.53. The average molecular weight is 296 g/mol. The monoisotopic (exact) mass is 295 g/mol. The molecule has 0 aromatic rings. The van der Waals surface area contributed by atoms with E-state index in [0.29, 0.717) is 0 Å². The SMILES string of the molecule is [CH2]CC[Si](O[SiH](C)C)(O[SiH](C)C)O[SiH](C)C. The van der Waals surface area contributed by atoms with E-state index in [1.165, 1.54) is 0 Å². The van der Waals surface area contributed by atoms with Crippen molar-refractivity contribution in [3.63, 3.8) is 0 Å². The van der Waals surface area contributed by atoms with Crippen LogP contribution < -0.4 is 0 Å². The van der Waals surface area contributed by atoms with E-state index in [0.717, 1.165) is 12.5 Å². The van der Waals surface area contributed by atoms with Crippen LogP contribution in [0, 0.1) is 6.92 Å². The minimum atomic E-state index is -2.36. The molecule has 0 saturated carbocycles. The maximum Gasteiger partial charge on any atom is 0.468 e. The van der Waals surface area contributed by atoms with Gasteiger partial charge in [0.05, 0.1) is 0 Å². The smallest absolute Gasteiger partial charge is 0.420 e. The first-order valence-electron chi connectivity index (χ1n) is 6.14. The van der Waals surface area contributed by atoms with E-state index < -0.39 is 35.9 Å². The minimum Gasteiger partial charge on any atom is -0.420 e. The second kappa shape index (κ2) is 7.96. The molecule has 0 aliphatic carbocycles. The Morgan fingerprint density at radius 1 is 0.812 bits per heavy atom. The number of hydrogen-bond acceptors (Lipinski definition) is 3. The quantitative estimate of drug-likeness (QED) is 0.642. The second-order valence-corrected chi connectivity index (χ2v) is 15.8. The maximum absolute atomic E-state index is 6.16. The van der Waals surface area contributed by atoms with Crippen LogP contribution >= 0.6 is 0 Å². The lowest BCUT2D eigenvalue weighted by atomic mass is 10.6. The number of rotatable bonds is 8. The van der Waals surface area contributed by atoms with Crippen molar-refractivity contribution in [1.82, 2.24) is 0 Å². The summed E-state index contributed by atoms with van der Waals surface area (Å²) < 4.78 is 18.5. The van der Waals surface area contributed by atoms with Gasteiger partial charge in [0.2, 0.25) is 0 Å². The van der Waals surface area contributed by atoms with Gasteiger partial charge < -0.3 is 12.3 Å². The lowest BCUT2D eigenvalue weighted by molar-refractivity contribution is 0.268. The predicted molar refractivity (Wildman–Crippen MR) is 80.4 cm³/mol. The highest BCUT2D eigenvalue weighted by atomic mass is 28.5. The second-order valence-electron chi connectivity index (χ2n) is 4.79. The fourth-order valence-corrected chi connectivity index (χ4v) is 14.2. The van der Waals surface area contributed by atoms with Crippen molar-refractivity contribution in [3.05, 3.63) is 6.92 Å². The van der Waals surface area contributed by atoms with Crippen LogP contribution in [0.5, 0.6) is 0 Å². The third kappa shape index (κ3) is 7.15. The highest BCUT2D eigenvalue weighted by Gasteiger charge is 2.41. The zero-order valence-electron chi connectivity index (χ0n) is 11.6. The molecule has 0 fully saturated rings. The molecule has 0 heterocycles. The molecule has 0 unspecified atom stereocenters. The molecule has 1 radical (unpaired) electrons. The molecular weight excluding hydrogens is 268 g/mol. The van der Waals surface area contributed by atoms with Crippen LogP contribution in [0.3, 0.4) is 0 Å². The minimum absolute atomic E-state index is 0.843. The molecule has 0 spiro atoms. The summed E-state index contributed by atoms with van der Waals surface area (Å²) in [4.78, 5) is 0. The van der Waals surface area contributed by atoms with Crippen molar-refractivity contribution in [2.45, 2.75) is 51.7 Å². The van der Waals surface area contributed by atoms with Gasteiger partial charge in [-0.25, -0.2) is 0 Å². The molecule has 3 nitrogen and oxygen atoms in total. The molecule has 16 heavy (non-hydrogen) atoms. The van der Waals surface area contributed by atoms with Gasteiger partial charge in [0, 0.05) is 6.04 Å². The van der Waals surface area contributed by atoms with E-state index in [2.05, 4.69) is 46.2 Å². The van der Waals surface area contributed by atoms with E-state index in [1.54, 1.807) is 0 Å². The van der Waals surface area contributed by atoms with Gasteiger partial charge in [-0.2, -0.15) is 0 Å². The summed E-state index contributed by atoms with van der Waals surface area (Å²) >= 11 is 0. The van der Waals surface area contributed by atoms with Gasteiger partial charge in [-0.05, 0) is 45.7 Å². The Hall–Kier alpha value is 0.748. The topological polar surface area (TPSA) is 27.7 Å². The molecule has 0 amide bonds. The van der Waals surface area contributed by atoms with Crippen LogP contribution in [0.1, 0.15) is 6.42 Å². The van der Waals surface area contributed by atoms with Crippen molar-refractivity contribution < 1.29 is 12.3 Å². The summed E-state index contributed by atoms with van der Waals surface area (Å²) in [6.45, 7) is 17.0. The standard InChI is InChI=1S/C9H27O3Si4/c1-8-9-16(10-13(2)3,11-14(4)5)12-15(6)7/h13-15H,1,8-9H2,2-7H3. The molecule has 0 aliphatic heterocycles. The molecular formula is C9H27O3Si4. The summed E-state index contributed by atoms with van der Waals surface area (Å²) in [6.07, 6.45) is 0.843. The van der Waals surface area contributed by atoms with Crippen LogP contribution in [-0.4, -0.2) is 35.9 Å². The van der Waals surface area contributed by atoms with E-state index in [9.17, 15) is 0 Å². The Bertz CT molecular complexity index is 161. The van der Waals surface area contributed by atoms with Gasteiger partial charge in [-0.3, -0.25) is 0 Å². The van der Waals surface area contributed by atoms with Crippen LogP contribution in [0.15, 0.2) is 0 Å². The molecule has 0 aromatic carbocycles. The molecule has 0 rings (SSSR count). The molecule has 0 atom stereocenters. The van der Waals surface area contributed by atoms with Crippen LogP contribution in [0.25, 0.3) is 0 Å². The molecule has 97 valence electrons. The van der Waals surface area contributed by atoms with Crippen molar-refractivity contribution in [2.24, 2.45) is 0 Å². The summed E-state index contributed by atoms with van der Waals surface area (Å²) in [5, 5.41) is 0. The predicted octanol–water partition coefficient (Wildman–Crippen LogP) is 2.15.